The lowest BCUT2D eigenvalue weighted by atomic mass is 10.1. The van der Waals surface area contributed by atoms with E-state index in [9.17, 15) is 5.11 Å². The van der Waals surface area contributed by atoms with E-state index in [-0.39, 0.29) is 6.10 Å². The summed E-state index contributed by atoms with van der Waals surface area (Å²) < 4.78 is 0. The zero-order chi connectivity index (χ0) is 8.81. The van der Waals surface area contributed by atoms with Crippen molar-refractivity contribution in [2.45, 2.75) is 38.7 Å². The average molecular weight is 184 g/mol. The van der Waals surface area contributed by atoms with Crippen LogP contribution < -0.4 is 0 Å². The van der Waals surface area contributed by atoms with Crippen molar-refractivity contribution in [2.75, 3.05) is 0 Å². The van der Waals surface area contributed by atoms with Crippen LogP contribution in [0.15, 0.2) is 17.5 Å². The van der Waals surface area contributed by atoms with Crippen molar-refractivity contribution in [2.24, 2.45) is 0 Å². The highest BCUT2D eigenvalue weighted by molar-refractivity contribution is 7.09. The van der Waals surface area contributed by atoms with Gasteiger partial charge in [0.05, 0.1) is 6.10 Å². The Kier molecular flexibility index (Phi) is 4.33. The molecule has 2 heteroatoms. The number of thiophene rings is 1. The molecule has 1 heterocycles. The van der Waals surface area contributed by atoms with Gasteiger partial charge in [0.1, 0.15) is 0 Å². The minimum Gasteiger partial charge on any atom is -0.393 e. The quantitative estimate of drug-likeness (QED) is 0.746. The lowest BCUT2D eigenvalue weighted by Crippen LogP contribution is -2.08. The van der Waals surface area contributed by atoms with Crippen LogP contribution in [0.5, 0.6) is 0 Å². The monoisotopic (exact) mass is 184 g/mol. The largest absolute Gasteiger partial charge is 0.393 e. The van der Waals surface area contributed by atoms with Crippen LogP contribution in [-0.4, -0.2) is 11.2 Å². The Morgan fingerprint density at radius 1 is 1.58 bits per heavy atom. The molecule has 0 aliphatic heterocycles. The van der Waals surface area contributed by atoms with Gasteiger partial charge in [-0.25, -0.2) is 0 Å². The normalized spacial score (nSPS) is 13.2. The van der Waals surface area contributed by atoms with Gasteiger partial charge < -0.3 is 5.11 Å². The minimum atomic E-state index is -0.136. The third kappa shape index (κ3) is 3.37. The second kappa shape index (κ2) is 5.33. The second-order valence-corrected chi connectivity index (χ2v) is 4.11. The first kappa shape index (κ1) is 9.75. The summed E-state index contributed by atoms with van der Waals surface area (Å²) in [6.45, 7) is 2.15. The van der Waals surface area contributed by atoms with Crippen LogP contribution >= 0.6 is 11.3 Å². The lowest BCUT2D eigenvalue weighted by molar-refractivity contribution is 0.162. The van der Waals surface area contributed by atoms with E-state index in [1.165, 1.54) is 11.3 Å². The molecule has 0 aliphatic carbocycles. The third-order valence-corrected chi connectivity index (χ3v) is 2.81. The fraction of sp³-hybridized carbons (Fsp3) is 0.600. The van der Waals surface area contributed by atoms with E-state index in [0.717, 1.165) is 19.3 Å². The highest BCUT2D eigenvalue weighted by atomic mass is 32.1. The molecule has 1 aromatic rings. The first-order valence-electron chi connectivity index (χ1n) is 4.53. The van der Waals surface area contributed by atoms with Gasteiger partial charge in [0.2, 0.25) is 0 Å². The maximum atomic E-state index is 9.56. The smallest absolute Gasteiger partial charge is 0.0588 e. The molecule has 0 spiro atoms. The molecular weight excluding hydrogens is 168 g/mol. The van der Waals surface area contributed by atoms with E-state index in [2.05, 4.69) is 18.4 Å². The molecule has 0 saturated heterocycles. The topological polar surface area (TPSA) is 20.2 Å². The van der Waals surface area contributed by atoms with Crippen LogP contribution in [0.4, 0.5) is 0 Å². The Morgan fingerprint density at radius 3 is 3.00 bits per heavy atom. The zero-order valence-electron chi connectivity index (χ0n) is 7.49. The number of aliphatic hydroxyl groups is 1. The fourth-order valence-electron chi connectivity index (χ4n) is 1.20. The number of hydrogen-bond donors (Lipinski definition) is 1. The van der Waals surface area contributed by atoms with Crippen molar-refractivity contribution in [1.29, 1.82) is 0 Å². The Morgan fingerprint density at radius 2 is 2.42 bits per heavy atom. The molecule has 1 atom stereocenters. The second-order valence-electron chi connectivity index (χ2n) is 3.08. The highest BCUT2D eigenvalue weighted by Gasteiger charge is 2.04. The van der Waals surface area contributed by atoms with Gasteiger partial charge in [0, 0.05) is 11.3 Å². The van der Waals surface area contributed by atoms with Crippen LogP contribution in [0.2, 0.25) is 0 Å². The molecular formula is C10H16OS. The van der Waals surface area contributed by atoms with E-state index >= 15 is 0 Å². The van der Waals surface area contributed by atoms with Crippen molar-refractivity contribution in [3.8, 4) is 0 Å². The summed E-state index contributed by atoms with van der Waals surface area (Å²) in [5, 5.41) is 11.6. The van der Waals surface area contributed by atoms with Crippen molar-refractivity contribution in [3.63, 3.8) is 0 Å². The molecule has 12 heavy (non-hydrogen) atoms. The molecule has 1 N–H and O–H groups in total. The van der Waals surface area contributed by atoms with Gasteiger partial charge in [-0.15, -0.1) is 11.3 Å². The molecule has 1 nitrogen and oxygen atoms in total. The predicted molar refractivity (Wildman–Crippen MR) is 53.6 cm³/mol. The van der Waals surface area contributed by atoms with E-state index in [4.69, 9.17) is 0 Å². The van der Waals surface area contributed by atoms with Gasteiger partial charge in [-0.05, 0) is 17.9 Å². The SMILES string of the molecule is CCCCC(O)Cc1cccs1. The average Bonchev–Trinajstić information content (AvgIpc) is 2.53. The lowest BCUT2D eigenvalue weighted by Gasteiger charge is -2.07. The first-order valence-corrected chi connectivity index (χ1v) is 5.41. The summed E-state index contributed by atoms with van der Waals surface area (Å²) in [6, 6.07) is 4.12. The van der Waals surface area contributed by atoms with Gasteiger partial charge in [0.25, 0.3) is 0 Å². The Hall–Kier alpha value is -0.340. The summed E-state index contributed by atoms with van der Waals surface area (Å²) in [5.74, 6) is 0. The summed E-state index contributed by atoms with van der Waals surface area (Å²) in [7, 11) is 0. The van der Waals surface area contributed by atoms with Crippen LogP contribution in [0.3, 0.4) is 0 Å². The maximum Gasteiger partial charge on any atom is 0.0588 e. The van der Waals surface area contributed by atoms with E-state index in [1.807, 2.05) is 6.07 Å². The summed E-state index contributed by atoms with van der Waals surface area (Å²) in [6.07, 6.45) is 3.93. The molecule has 0 bridgehead atoms. The standard InChI is InChI=1S/C10H16OS/c1-2-3-5-9(11)8-10-6-4-7-12-10/h4,6-7,9,11H,2-3,5,8H2,1H3. The van der Waals surface area contributed by atoms with Gasteiger partial charge in [-0.2, -0.15) is 0 Å². The van der Waals surface area contributed by atoms with Gasteiger partial charge >= 0.3 is 0 Å². The van der Waals surface area contributed by atoms with Crippen LogP contribution in [-0.2, 0) is 6.42 Å². The zero-order valence-corrected chi connectivity index (χ0v) is 8.31. The van der Waals surface area contributed by atoms with Gasteiger partial charge in [0.15, 0.2) is 0 Å². The van der Waals surface area contributed by atoms with Crippen molar-refractivity contribution in [1.82, 2.24) is 0 Å². The number of rotatable bonds is 5. The fourth-order valence-corrected chi connectivity index (χ4v) is 1.98. The van der Waals surface area contributed by atoms with E-state index < -0.39 is 0 Å². The molecule has 1 rings (SSSR count). The van der Waals surface area contributed by atoms with Crippen molar-refractivity contribution < 1.29 is 5.11 Å². The molecule has 0 aromatic carbocycles. The Labute approximate surface area is 78.1 Å². The highest BCUT2D eigenvalue weighted by Crippen LogP contribution is 2.13. The molecule has 0 saturated carbocycles. The van der Waals surface area contributed by atoms with Crippen molar-refractivity contribution >= 4 is 11.3 Å². The van der Waals surface area contributed by atoms with E-state index in [1.54, 1.807) is 11.3 Å². The summed E-state index contributed by atoms with van der Waals surface area (Å²) in [5.41, 5.74) is 0. The van der Waals surface area contributed by atoms with Crippen LogP contribution in [0.25, 0.3) is 0 Å². The predicted octanol–water partition coefficient (Wildman–Crippen LogP) is 2.84. The molecule has 0 aliphatic rings. The Balaban J connectivity index is 2.22. The molecule has 1 unspecified atom stereocenters. The molecule has 0 radical (unpaired) electrons. The van der Waals surface area contributed by atoms with E-state index in [0.29, 0.717) is 0 Å². The van der Waals surface area contributed by atoms with Crippen molar-refractivity contribution in [3.05, 3.63) is 22.4 Å². The summed E-state index contributed by atoms with van der Waals surface area (Å²) >= 11 is 1.72. The Bertz CT molecular complexity index is 194. The molecule has 0 fully saturated rings. The number of unbranched alkanes of at least 4 members (excludes halogenated alkanes) is 1. The number of aliphatic hydroxyl groups excluding tert-OH is 1. The summed E-state index contributed by atoms with van der Waals surface area (Å²) in [4.78, 5) is 1.29. The number of hydrogen-bond acceptors (Lipinski definition) is 2. The van der Waals surface area contributed by atoms with Gasteiger partial charge in [-0.1, -0.05) is 25.8 Å². The minimum absolute atomic E-state index is 0.136. The van der Waals surface area contributed by atoms with Gasteiger partial charge in [-0.3, -0.25) is 0 Å². The third-order valence-electron chi connectivity index (χ3n) is 1.91. The first-order chi connectivity index (χ1) is 5.83. The maximum absolute atomic E-state index is 9.56. The van der Waals surface area contributed by atoms with Crippen LogP contribution in [0.1, 0.15) is 31.1 Å². The van der Waals surface area contributed by atoms with Crippen LogP contribution in [0, 0.1) is 0 Å². The molecule has 1 aromatic heterocycles. The molecule has 68 valence electrons. The molecule has 0 amide bonds.